The normalized spacial score (nSPS) is 14.7. The second-order valence-corrected chi connectivity index (χ2v) is 5.37. The Morgan fingerprint density at radius 2 is 1.76 bits per heavy atom. The first-order valence-electron chi connectivity index (χ1n) is 7.19. The third-order valence-electron chi connectivity index (χ3n) is 4.06. The van der Waals surface area contributed by atoms with Gasteiger partial charge in [-0.3, -0.25) is 0 Å². The third-order valence-corrected chi connectivity index (χ3v) is 4.06. The van der Waals surface area contributed by atoms with Gasteiger partial charge in [-0.15, -0.1) is 0 Å². The lowest BCUT2D eigenvalue weighted by Gasteiger charge is -2.24. The van der Waals surface area contributed by atoms with E-state index in [1.165, 1.54) is 11.1 Å². The molecule has 0 saturated carbocycles. The summed E-state index contributed by atoms with van der Waals surface area (Å²) >= 11 is 0. The van der Waals surface area contributed by atoms with Crippen LogP contribution < -0.4 is 10.6 Å². The highest BCUT2D eigenvalue weighted by atomic mass is 19.2. The number of hydrogen-bond donors (Lipinski definition) is 1. The average molecular weight is 288 g/mol. The number of hydrogen-bond acceptors (Lipinski definition) is 2. The lowest BCUT2D eigenvalue weighted by atomic mass is 10.0. The first-order chi connectivity index (χ1) is 10.2. The fraction of sp³-hybridized carbons (Fsp3) is 0.294. The molecule has 1 aliphatic rings. The van der Waals surface area contributed by atoms with Crippen LogP contribution in [0, 0.1) is 11.6 Å². The summed E-state index contributed by atoms with van der Waals surface area (Å²) in [4.78, 5) is 1.91. The number of benzene rings is 2. The zero-order chi connectivity index (χ0) is 14.8. The summed E-state index contributed by atoms with van der Waals surface area (Å²) in [6.07, 6.45) is 1.90. The van der Waals surface area contributed by atoms with Crippen molar-refractivity contribution in [3.05, 3.63) is 64.7 Å². The molecule has 0 unspecified atom stereocenters. The maximum absolute atomic E-state index is 14.3. The fourth-order valence-electron chi connectivity index (χ4n) is 2.89. The summed E-state index contributed by atoms with van der Waals surface area (Å²) in [6, 6.07) is 11.4. The van der Waals surface area contributed by atoms with Crippen LogP contribution in [-0.4, -0.2) is 6.54 Å². The minimum absolute atomic E-state index is 0.00582. The van der Waals surface area contributed by atoms with Gasteiger partial charge in [0.1, 0.15) is 0 Å². The van der Waals surface area contributed by atoms with E-state index < -0.39 is 11.6 Å². The van der Waals surface area contributed by atoms with Crippen LogP contribution in [0.4, 0.5) is 14.5 Å². The van der Waals surface area contributed by atoms with Crippen LogP contribution in [0.15, 0.2) is 36.4 Å². The third kappa shape index (κ3) is 2.63. The Labute approximate surface area is 123 Å². The second kappa shape index (κ2) is 5.82. The van der Waals surface area contributed by atoms with Crippen LogP contribution in [0.3, 0.4) is 0 Å². The molecule has 0 aliphatic carbocycles. The topological polar surface area (TPSA) is 29.3 Å². The van der Waals surface area contributed by atoms with Gasteiger partial charge in [0.15, 0.2) is 11.6 Å². The van der Waals surface area contributed by atoms with E-state index in [4.69, 9.17) is 5.73 Å². The number of aryl methyl sites for hydroxylation is 1. The molecule has 0 atom stereocenters. The molecule has 1 heterocycles. The van der Waals surface area contributed by atoms with Crippen LogP contribution in [0.5, 0.6) is 0 Å². The van der Waals surface area contributed by atoms with Gasteiger partial charge >= 0.3 is 0 Å². The molecule has 1 aliphatic heterocycles. The summed E-state index contributed by atoms with van der Waals surface area (Å²) in [5.41, 5.74) is 8.42. The minimum atomic E-state index is -0.826. The summed E-state index contributed by atoms with van der Waals surface area (Å²) in [7, 11) is 0. The van der Waals surface area contributed by atoms with Gasteiger partial charge in [-0.05, 0) is 30.0 Å². The zero-order valence-corrected chi connectivity index (χ0v) is 11.8. The van der Waals surface area contributed by atoms with Gasteiger partial charge in [0, 0.05) is 25.2 Å². The number of rotatable bonds is 2. The summed E-state index contributed by atoms with van der Waals surface area (Å²) < 4.78 is 28.2. The van der Waals surface area contributed by atoms with Crippen LogP contribution in [0.25, 0.3) is 0 Å². The second-order valence-electron chi connectivity index (χ2n) is 5.37. The van der Waals surface area contributed by atoms with Crippen molar-refractivity contribution in [1.29, 1.82) is 0 Å². The SMILES string of the molecule is NCc1ccc(N2CCCc3ccccc3C2)c(F)c1F. The molecule has 0 aromatic heterocycles. The molecular formula is C17H18F2N2. The smallest absolute Gasteiger partial charge is 0.182 e. The number of halogens is 2. The van der Waals surface area contributed by atoms with E-state index in [9.17, 15) is 8.78 Å². The van der Waals surface area contributed by atoms with Gasteiger partial charge in [0.25, 0.3) is 0 Å². The summed E-state index contributed by atoms with van der Waals surface area (Å²) in [5.74, 6) is -1.62. The Morgan fingerprint density at radius 3 is 2.52 bits per heavy atom. The van der Waals surface area contributed by atoms with Crippen molar-refractivity contribution >= 4 is 5.69 Å². The van der Waals surface area contributed by atoms with Crippen LogP contribution in [0.1, 0.15) is 23.1 Å². The van der Waals surface area contributed by atoms with E-state index in [2.05, 4.69) is 12.1 Å². The molecule has 21 heavy (non-hydrogen) atoms. The zero-order valence-electron chi connectivity index (χ0n) is 11.8. The van der Waals surface area contributed by atoms with E-state index in [1.54, 1.807) is 12.1 Å². The largest absolute Gasteiger partial charge is 0.365 e. The van der Waals surface area contributed by atoms with Gasteiger partial charge in [-0.1, -0.05) is 30.3 Å². The lowest BCUT2D eigenvalue weighted by molar-refractivity contribution is 0.496. The number of anilines is 1. The highest BCUT2D eigenvalue weighted by molar-refractivity contribution is 5.51. The predicted octanol–water partition coefficient (Wildman–Crippen LogP) is 3.38. The highest BCUT2D eigenvalue weighted by Gasteiger charge is 2.20. The van der Waals surface area contributed by atoms with Crippen LogP contribution in [-0.2, 0) is 19.5 Å². The van der Waals surface area contributed by atoms with Crippen molar-refractivity contribution in [3.8, 4) is 0 Å². The molecule has 0 fully saturated rings. The lowest BCUT2D eigenvalue weighted by Crippen LogP contribution is -2.24. The Hall–Kier alpha value is -1.94. The van der Waals surface area contributed by atoms with E-state index in [1.807, 2.05) is 17.0 Å². The molecule has 0 bridgehead atoms. The number of nitrogens with zero attached hydrogens (tertiary/aromatic N) is 1. The summed E-state index contributed by atoms with van der Waals surface area (Å²) in [6.45, 7) is 1.33. The molecule has 0 radical (unpaired) electrons. The van der Waals surface area contributed by atoms with Gasteiger partial charge in [0.05, 0.1) is 5.69 Å². The molecule has 0 saturated heterocycles. The number of nitrogens with two attached hydrogens (primary N) is 1. The van der Waals surface area contributed by atoms with Crippen LogP contribution >= 0.6 is 0 Å². The monoisotopic (exact) mass is 288 g/mol. The Bertz CT molecular complexity index is 655. The van der Waals surface area contributed by atoms with Crippen molar-refractivity contribution in [3.63, 3.8) is 0 Å². The molecule has 3 rings (SSSR count). The molecule has 2 N–H and O–H groups in total. The predicted molar refractivity (Wildman–Crippen MR) is 80.1 cm³/mol. The molecule has 0 spiro atoms. The molecule has 4 heteroatoms. The molecule has 2 nitrogen and oxygen atoms in total. The Balaban J connectivity index is 1.96. The fourth-order valence-corrected chi connectivity index (χ4v) is 2.89. The molecule has 0 amide bonds. The molecule has 2 aromatic rings. The quantitative estimate of drug-likeness (QED) is 0.918. The van der Waals surface area contributed by atoms with E-state index in [0.717, 1.165) is 12.8 Å². The van der Waals surface area contributed by atoms with Crippen LogP contribution in [0.2, 0.25) is 0 Å². The van der Waals surface area contributed by atoms with Gasteiger partial charge < -0.3 is 10.6 Å². The summed E-state index contributed by atoms with van der Waals surface area (Å²) in [5, 5.41) is 0. The molecule has 2 aromatic carbocycles. The maximum atomic E-state index is 14.3. The van der Waals surface area contributed by atoms with Crippen molar-refractivity contribution in [1.82, 2.24) is 0 Å². The molecular weight excluding hydrogens is 270 g/mol. The minimum Gasteiger partial charge on any atom is -0.365 e. The van der Waals surface area contributed by atoms with Crippen molar-refractivity contribution in [2.75, 3.05) is 11.4 Å². The van der Waals surface area contributed by atoms with Crippen molar-refractivity contribution < 1.29 is 8.78 Å². The highest BCUT2D eigenvalue weighted by Crippen LogP contribution is 2.28. The first-order valence-corrected chi connectivity index (χ1v) is 7.19. The van der Waals surface area contributed by atoms with E-state index >= 15 is 0 Å². The maximum Gasteiger partial charge on any atom is 0.182 e. The Kier molecular flexibility index (Phi) is 3.88. The van der Waals surface area contributed by atoms with E-state index in [0.29, 0.717) is 18.8 Å². The van der Waals surface area contributed by atoms with Gasteiger partial charge in [-0.2, -0.15) is 0 Å². The average Bonchev–Trinajstić information content (AvgIpc) is 2.72. The van der Waals surface area contributed by atoms with Gasteiger partial charge in [-0.25, -0.2) is 8.78 Å². The van der Waals surface area contributed by atoms with Crippen molar-refractivity contribution in [2.24, 2.45) is 5.73 Å². The molecule has 110 valence electrons. The standard InChI is InChI=1S/C17H18F2N2/c18-16-13(10-20)7-8-15(17(16)19)21-9-3-6-12-4-1-2-5-14(12)11-21/h1-2,4-5,7-8H,3,6,9-11,20H2. The number of fused-ring (bicyclic) bond motifs is 1. The van der Waals surface area contributed by atoms with Crippen molar-refractivity contribution in [2.45, 2.75) is 25.9 Å². The first kappa shape index (κ1) is 14.0. The van der Waals surface area contributed by atoms with E-state index in [-0.39, 0.29) is 12.1 Å². The van der Waals surface area contributed by atoms with Gasteiger partial charge in [0.2, 0.25) is 0 Å². The Morgan fingerprint density at radius 1 is 1.00 bits per heavy atom.